The van der Waals surface area contributed by atoms with Crippen molar-refractivity contribution in [1.82, 2.24) is 4.98 Å². The number of rotatable bonds is 0. The van der Waals surface area contributed by atoms with E-state index in [-0.39, 0.29) is 0 Å². The van der Waals surface area contributed by atoms with Gasteiger partial charge in [0.2, 0.25) is 0 Å². The van der Waals surface area contributed by atoms with E-state index in [0.717, 1.165) is 12.1 Å². The van der Waals surface area contributed by atoms with Crippen LogP contribution < -0.4 is 0 Å². The minimum Gasteiger partial charge on any atom is -0.508 e. The van der Waals surface area contributed by atoms with Crippen molar-refractivity contribution < 1.29 is 5.11 Å². The van der Waals surface area contributed by atoms with Crippen molar-refractivity contribution in [1.29, 1.82) is 0 Å². The molecule has 2 aromatic rings. The van der Waals surface area contributed by atoms with Crippen molar-refractivity contribution >= 4 is 0 Å². The largest absolute Gasteiger partial charge is 0.508 e. The van der Waals surface area contributed by atoms with Crippen LogP contribution in [0.15, 0.2) is 36.5 Å². The van der Waals surface area contributed by atoms with E-state index in [0.29, 0.717) is 5.75 Å². The maximum absolute atomic E-state index is 9.35. The lowest BCUT2D eigenvalue weighted by Gasteiger charge is -1.99. The Morgan fingerprint density at radius 3 is 3.00 bits per heavy atom. The molecule has 1 heterocycles. The molecule has 0 unspecified atom stereocenters. The summed E-state index contributed by atoms with van der Waals surface area (Å²) in [5, 5.41) is 9.35. The van der Waals surface area contributed by atoms with E-state index in [1.807, 2.05) is 24.4 Å². The second-order valence-corrected chi connectivity index (χ2v) is 3.52. The van der Waals surface area contributed by atoms with Crippen molar-refractivity contribution in [3.05, 3.63) is 47.8 Å². The Hall–Kier alpha value is -1.83. The number of aromatic hydroxyl groups is 1. The Morgan fingerprint density at radius 1 is 1.14 bits per heavy atom. The van der Waals surface area contributed by atoms with Gasteiger partial charge in [0.1, 0.15) is 5.75 Å². The number of pyridine rings is 1. The minimum absolute atomic E-state index is 0.330. The quantitative estimate of drug-likeness (QED) is 0.580. The highest BCUT2D eigenvalue weighted by molar-refractivity contribution is 5.75. The zero-order valence-electron chi connectivity index (χ0n) is 7.57. The summed E-state index contributed by atoms with van der Waals surface area (Å²) in [6, 6.07) is 9.52. The lowest BCUT2D eigenvalue weighted by atomic mass is 10.1. The van der Waals surface area contributed by atoms with Crippen LogP contribution >= 0.6 is 0 Å². The molecule has 14 heavy (non-hydrogen) atoms. The molecule has 0 bridgehead atoms. The predicted molar refractivity (Wildman–Crippen MR) is 54.1 cm³/mol. The molecule has 0 atom stereocenters. The van der Waals surface area contributed by atoms with Crippen LogP contribution in [0.25, 0.3) is 11.1 Å². The van der Waals surface area contributed by atoms with Crippen molar-refractivity contribution in [2.75, 3.05) is 0 Å². The van der Waals surface area contributed by atoms with Gasteiger partial charge in [-0.2, -0.15) is 0 Å². The fourth-order valence-electron chi connectivity index (χ4n) is 1.99. The van der Waals surface area contributed by atoms with Gasteiger partial charge in [0, 0.05) is 18.2 Å². The zero-order valence-corrected chi connectivity index (χ0v) is 7.57. The van der Waals surface area contributed by atoms with E-state index in [9.17, 15) is 5.11 Å². The van der Waals surface area contributed by atoms with Gasteiger partial charge >= 0.3 is 0 Å². The first kappa shape index (κ1) is 7.56. The number of benzene rings is 1. The molecule has 1 aliphatic carbocycles. The van der Waals surface area contributed by atoms with Crippen LogP contribution in [0.5, 0.6) is 5.75 Å². The molecule has 0 amide bonds. The normalized spacial score (nSPS) is 12.3. The van der Waals surface area contributed by atoms with Gasteiger partial charge in [-0.25, -0.2) is 0 Å². The van der Waals surface area contributed by atoms with E-state index < -0.39 is 0 Å². The third kappa shape index (κ3) is 0.940. The summed E-state index contributed by atoms with van der Waals surface area (Å²) in [5.41, 5.74) is 4.67. The van der Waals surface area contributed by atoms with Crippen molar-refractivity contribution in [2.45, 2.75) is 6.42 Å². The Bertz CT molecular complexity index is 505. The molecule has 0 radical (unpaired) electrons. The minimum atomic E-state index is 0.330. The molecule has 0 aliphatic heterocycles. The van der Waals surface area contributed by atoms with Crippen molar-refractivity contribution in [3.8, 4) is 16.9 Å². The molecule has 68 valence electrons. The Morgan fingerprint density at radius 2 is 2.07 bits per heavy atom. The first-order valence-electron chi connectivity index (χ1n) is 4.61. The van der Waals surface area contributed by atoms with E-state index >= 15 is 0 Å². The highest BCUT2D eigenvalue weighted by atomic mass is 16.3. The van der Waals surface area contributed by atoms with Crippen LogP contribution in [0.1, 0.15) is 11.3 Å². The predicted octanol–water partition coefficient (Wildman–Crippen LogP) is 2.36. The first-order valence-corrected chi connectivity index (χ1v) is 4.61. The van der Waals surface area contributed by atoms with Gasteiger partial charge in [-0.3, -0.25) is 4.98 Å². The van der Waals surface area contributed by atoms with Gasteiger partial charge in [-0.1, -0.05) is 12.1 Å². The third-order valence-electron chi connectivity index (χ3n) is 2.63. The maximum atomic E-state index is 9.35. The van der Waals surface area contributed by atoms with Gasteiger partial charge in [-0.05, 0) is 29.3 Å². The Labute approximate surface area is 81.9 Å². The van der Waals surface area contributed by atoms with Gasteiger partial charge in [0.05, 0.1) is 5.69 Å². The number of phenolic OH excluding ortho intramolecular Hbond substituents is 1. The molecule has 1 aliphatic rings. The topological polar surface area (TPSA) is 33.1 Å². The SMILES string of the molecule is Oc1ccc2c(c1)Cc1ncccc1-2. The van der Waals surface area contributed by atoms with E-state index in [1.54, 1.807) is 6.07 Å². The standard InChI is InChI=1S/C12H9NO/c14-9-3-4-10-8(6-9)7-12-11(10)2-1-5-13-12/h1-6,14H,7H2. The number of phenols is 1. The number of fused-ring (bicyclic) bond motifs is 3. The summed E-state index contributed by atoms with van der Waals surface area (Å²) in [6.45, 7) is 0. The monoisotopic (exact) mass is 183 g/mol. The summed E-state index contributed by atoms with van der Waals surface area (Å²) in [5.74, 6) is 0.330. The summed E-state index contributed by atoms with van der Waals surface area (Å²) < 4.78 is 0. The number of nitrogens with zero attached hydrogens (tertiary/aromatic N) is 1. The van der Waals surface area contributed by atoms with Gasteiger partial charge in [0.25, 0.3) is 0 Å². The highest BCUT2D eigenvalue weighted by Crippen LogP contribution is 2.36. The van der Waals surface area contributed by atoms with Crippen LogP contribution in [-0.4, -0.2) is 10.1 Å². The second-order valence-electron chi connectivity index (χ2n) is 3.52. The lowest BCUT2D eigenvalue weighted by molar-refractivity contribution is 0.475. The molecule has 2 nitrogen and oxygen atoms in total. The molecular formula is C12H9NO. The number of hydrogen-bond acceptors (Lipinski definition) is 2. The van der Waals surface area contributed by atoms with Gasteiger partial charge < -0.3 is 5.11 Å². The Balaban J connectivity index is 2.27. The van der Waals surface area contributed by atoms with Crippen LogP contribution in [0, 0.1) is 0 Å². The summed E-state index contributed by atoms with van der Waals surface area (Å²) in [4.78, 5) is 4.32. The van der Waals surface area contributed by atoms with Crippen molar-refractivity contribution in [2.24, 2.45) is 0 Å². The van der Waals surface area contributed by atoms with Crippen molar-refractivity contribution in [3.63, 3.8) is 0 Å². The molecule has 3 rings (SSSR count). The third-order valence-corrected chi connectivity index (χ3v) is 2.63. The fraction of sp³-hybridized carbons (Fsp3) is 0.0833. The zero-order chi connectivity index (χ0) is 9.54. The van der Waals surface area contributed by atoms with E-state index in [2.05, 4.69) is 11.1 Å². The molecule has 0 fully saturated rings. The van der Waals surface area contributed by atoms with Crippen LogP contribution in [0.2, 0.25) is 0 Å². The molecule has 2 heteroatoms. The van der Waals surface area contributed by atoms with Crippen LogP contribution in [0.4, 0.5) is 0 Å². The van der Waals surface area contributed by atoms with E-state index in [4.69, 9.17) is 0 Å². The summed E-state index contributed by atoms with van der Waals surface area (Å²) in [7, 11) is 0. The van der Waals surface area contributed by atoms with E-state index in [1.165, 1.54) is 16.7 Å². The molecule has 1 aromatic heterocycles. The maximum Gasteiger partial charge on any atom is 0.115 e. The molecule has 1 aromatic carbocycles. The first-order chi connectivity index (χ1) is 6.84. The smallest absolute Gasteiger partial charge is 0.115 e. The molecule has 0 saturated heterocycles. The van der Waals surface area contributed by atoms with Crippen LogP contribution in [-0.2, 0) is 6.42 Å². The lowest BCUT2D eigenvalue weighted by Crippen LogP contribution is -1.83. The average Bonchev–Trinajstić information content (AvgIpc) is 2.54. The number of aromatic nitrogens is 1. The molecule has 0 spiro atoms. The molecule has 0 saturated carbocycles. The molecule has 1 N–H and O–H groups in total. The Kier molecular flexibility index (Phi) is 1.39. The van der Waals surface area contributed by atoms with Gasteiger partial charge in [-0.15, -0.1) is 0 Å². The summed E-state index contributed by atoms with van der Waals surface area (Å²) >= 11 is 0. The fourth-order valence-corrected chi connectivity index (χ4v) is 1.99. The highest BCUT2D eigenvalue weighted by Gasteiger charge is 2.18. The summed E-state index contributed by atoms with van der Waals surface area (Å²) in [6.07, 6.45) is 2.64. The number of hydrogen-bond donors (Lipinski definition) is 1. The molecular weight excluding hydrogens is 174 g/mol. The van der Waals surface area contributed by atoms with Gasteiger partial charge in [0.15, 0.2) is 0 Å². The second kappa shape index (κ2) is 2.58. The van der Waals surface area contributed by atoms with Crippen LogP contribution in [0.3, 0.4) is 0 Å². The average molecular weight is 183 g/mol.